The van der Waals surface area contributed by atoms with Crippen molar-refractivity contribution in [3.05, 3.63) is 168 Å². The summed E-state index contributed by atoms with van der Waals surface area (Å²) < 4.78 is 8.54. The van der Waals surface area contributed by atoms with Crippen LogP contribution >= 0.6 is 0 Å². The van der Waals surface area contributed by atoms with Crippen LogP contribution in [0.4, 0.5) is 0 Å². The zero-order chi connectivity index (χ0) is 37.6. The van der Waals surface area contributed by atoms with E-state index in [4.69, 9.17) is 9.40 Å². The molecule has 0 saturated heterocycles. The zero-order valence-corrected chi connectivity index (χ0v) is 32.5. The van der Waals surface area contributed by atoms with Crippen LogP contribution in [0.3, 0.4) is 0 Å². The smallest absolute Gasteiger partial charge is 0.227 e. The standard InChI is InChI=1S/C52H48N2O/c1-6-34(4)39-23-28-49-46(31-39)47-32-40(35(5)7-2)24-29-50(47)54(49)41-25-21-36(22-26-41)42-12-8-9-13-43(42)44-27-16-33(3)30-45(44)37-17-19-38(20-18-37)52-53-48-14-10-11-15-51(48)55-52/h8-29,31-35H,6-7,30H2,1-5H3. The lowest BCUT2D eigenvalue weighted by Crippen LogP contribution is -2.03. The van der Waals surface area contributed by atoms with Crippen molar-refractivity contribution >= 4 is 44.1 Å². The van der Waals surface area contributed by atoms with Crippen LogP contribution in [-0.4, -0.2) is 9.55 Å². The average molecular weight is 717 g/mol. The van der Waals surface area contributed by atoms with E-state index in [1.165, 1.54) is 72.0 Å². The Balaban J connectivity index is 1.10. The number of para-hydroxylation sites is 2. The summed E-state index contributed by atoms with van der Waals surface area (Å²) in [4.78, 5) is 4.73. The Hall–Kier alpha value is -5.93. The summed E-state index contributed by atoms with van der Waals surface area (Å²) in [5, 5.41) is 2.68. The van der Waals surface area contributed by atoms with Crippen molar-refractivity contribution in [1.29, 1.82) is 0 Å². The van der Waals surface area contributed by atoms with Crippen molar-refractivity contribution in [2.75, 3.05) is 0 Å². The van der Waals surface area contributed by atoms with Crippen LogP contribution in [0.1, 0.15) is 88.0 Å². The van der Waals surface area contributed by atoms with Crippen molar-refractivity contribution in [1.82, 2.24) is 9.55 Å². The Morgan fingerprint density at radius 3 is 1.87 bits per heavy atom. The molecule has 0 amide bonds. The van der Waals surface area contributed by atoms with Crippen molar-refractivity contribution in [3.63, 3.8) is 0 Å². The second kappa shape index (κ2) is 14.4. The molecule has 0 radical (unpaired) electrons. The summed E-state index contributed by atoms with van der Waals surface area (Å²) in [5.74, 6) is 2.16. The normalized spacial score (nSPS) is 15.7. The monoisotopic (exact) mass is 716 g/mol. The van der Waals surface area contributed by atoms with Crippen LogP contribution < -0.4 is 0 Å². The molecule has 0 spiro atoms. The van der Waals surface area contributed by atoms with Crippen LogP contribution in [0.15, 0.2) is 150 Å². The van der Waals surface area contributed by atoms with E-state index in [0.717, 1.165) is 35.9 Å². The van der Waals surface area contributed by atoms with Crippen molar-refractivity contribution in [2.45, 2.75) is 65.7 Å². The summed E-state index contributed by atoms with van der Waals surface area (Å²) in [6.45, 7) is 11.5. The summed E-state index contributed by atoms with van der Waals surface area (Å²) in [7, 11) is 0. The van der Waals surface area contributed by atoms with Gasteiger partial charge in [-0.2, -0.15) is 0 Å². The molecule has 9 rings (SSSR count). The third-order valence-electron chi connectivity index (χ3n) is 12.0. The van der Waals surface area contributed by atoms with Gasteiger partial charge in [0, 0.05) is 22.0 Å². The molecule has 272 valence electrons. The number of oxazole rings is 1. The Labute approximate surface area is 324 Å². The maximum atomic E-state index is 6.08. The van der Waals surface area contributed by atoms with E-state index in [-0.39, 0.29) is 0 Å². The quantitative estimate of drug-likeness (QED) is 0.149. The van der Waals surface area contributed by atoms with Gasteiger partial charge in [-0.15, -0.1) is 0 Å². The molecule has 3 nitrogen and oxygen atoms in total. The molecule has 2 aromatic heterocycles. The largest absolute Gasteiger partial charge is 0.436 e. The van der Waals surface area contributed by atoms with E-state index in [1.54, 1.807) is 0 Å². The first-order chi connectivity index (χ1) is 26.9. The fourth-order valence-electron chi connectivity index (χ4n) is 8.38. The fourth-order valence-corrected chi connectivity index (χ4v) is 8.38. The summed E-state index contributed by atoms with van der Waals surface area (Å²) in [5.41, 5.74) is 16.8. The highest BCUT2D eigenvalue weighted by molar-refractivity contribution is 6.10. The van der Waals surface area contributed by atoms with E-state index >= 15 is 0 Å². The lowest BCUT2D eigenvalue weighted by Gasteiger charge is -2.23. The number of allylic oxidation sites excluding steroid dienone is 4. The van der Waals surface area contributed by atoms with Crippen LogP contribution in [-0.2, 0) is 0 Å². The first kappa shape index (κ1) is 34.8. The lowest BCUT2D eigenvalue weighted by molar-refractivity contribution is 0.620. The van der Waals surface area contributed by atoms with Gasteiger partial charge in [0.15, 0.2) is 5.58 Å². The minimum atomic E-state index is 0.454. The first-order valence-electron chi connectivity index (χ1n) is 20.1. The van der Waals surface area contributed by atoms with Gasteiger partial charge in [-0.25, -0.2) is 4.98 Å². The number of nitrogens with zero attached hydrogens (tertiary/aromatic N) is 2. The maximum absolute atomic E-state index is 6.08. The van der Waals surface area contributed by atoms with Gasteiger partial charge in [0.05, 0.1) is 11.0 Å². The number of rotatable bonds is 9. The molecule has 1 aliphatic rings. The molecular formula is C52H48N2O. The van der Waals surface area contributed by atoms with Gasteiger partial charge in [0.25, 0.3) is 0 Å². The van der Waals surface area contributed by atoms with Crippen molar-refractivity contribution < 1.29 is 4.42 Å². The Morgan fingerprint density at radius 1 is 0.655 bits per heavy atom. The molecular weight excluding hydrogens is 669 g/mol. The first-order valence-corrected chi connectivity index (χ1v) is 20.1. The Morgan fingerprint density at radius 2 is 1.24 bits per heavy atom. The van der Waals surface area contributed by atoms with Crippen LogP contribution in [0.2, 0.25) is 0 Å². The van der Waals surface area contributed by atoms with Crippen LogP contribution in [0, 0.1) is 5.92 Å². The van der Waals surface area contributed by atoms with Crippen molar-refractivity contribution in [3.8, 4) is 28.3 Å². The molecule has 0 N–H and O–H groups in total. The van der Waals surface area contributed by atoms with E-state index in [9.17, 15) is 0 Å². The van der Waals surface area contributed by atoms with Gasteiger partial charge in [-0.05, 0) is 142 Å². The van der Waals surface area contributed by atoms with Gasteiger partial charge >= 0.3 is 0 Å². The number of hydrogen-bond donors (Lipinski definition) is 0. The predicted octanol–water partition coefficient (Wildman–Crippen LogP) is 14.8. The van der Waals surface area contributed by atoms with Gasteiger partial charge in [-0.1, -0.05) is 120 Å². The number of aromatic nitrogens is 2. The Kier molecular flexibility index (Phi) is 9.10. The SMILES string of the molecule is CCC(C)c1ccc2c(c1)c1cc(C(C)CC)ccc1n2-c1ccc(-c2ccccc2C2=C(c3ccc(-c4nc5ccccc5o4)cc3)CC(C)C=C2)cc1. The van der Waals surface area contributed by atoms with E-state index < -0.39 is 0 Å². The van der Waals surface area contributed by atoms with Crippen molar-refractivity contribution in [2.24, 2.45) is 5.92 Å². The molecule has 3 atom stereocenters. The summed E-state index contributed by atoms with van der Waals surface area (Å²) in [6.07, 6.45) is 7.93. The number of benzene rings is 6. The minimum Gasteiger partial charge on any atom is -0.436 e. The summed E-state index contributed by atoms with van der Waals surface area (Å²) >= 11 is 0. The molecule has 55 heavy (non-hydrogen) atoms. The highest BCUT2D eigenvalue weighted by Crippen LogP contribution is 2.42. The molecule has 3 unspecified atom stereocenters. The van der Waals surface area contributed by atoms with Gasteiger partial charge in [0.1, 0.15) is 5.52 Å². The topological polar surface area (TPSA) is 31.0 Å². The van der Waals surface area contributed by atoms with E-state index in [0.29, 0.717) is 23.6 Å². The van der Waals surface area contributed by atoms with Crippen LogP contribution in [0.5, 0.6) is 0 Å². The zero-order valence-electron chi connectivity index (χ0n) is 32.5. The second-order valence-electron chi connectivity index (χ2n) is 15.6. The number of fused-ring (bicyclic) bond motifs is 4. The molecule has 2 heterocycles. The molecule has 0 fully saturated rings. The highest BCUT2D eigenvalue weighted by Gasteiger charge is 2.21. The second-order valence-corrected chi connectivity index (χ2v) is 15.6. The minimum absolute atomic E-state index is 0.454. The lowest BCUT2D eigenvalue weighted by atomic mass is 9.81. The average Bonchev–Trinajstić information content (AvgIpc) is 3.82. The molecule has 0 saturated carbocycles. The predicted molar refractivity (Wildman–Crippen MR) is 233 cm³/mol. The molecule has 1 aliphatic carbocycles. The van der Waals surface area contributed by atoms with Gasteiger partial charge in [-0.3, -0.25) is 0 Å². The molecule has 8 aromatic rings. The van der Waals surface area contributed by atoms with E-state index in [1.807, 2.05) is 24.3 Å². The third kappa shape index (κ3) is 6.32. The van der Waals surface area contributed by atoms with Gasteiger partial charge < -0.3 is 8.98 Å². The van der Waals surface area contributed by atoms with Crippen LogP contribution in [0.25, 0.3) is 72.3 Å². The van der Waals surface area contributed by atoms with E-state index in [2.05, 4.69) is 161 Å². The maximum Gasteiger partial charge on any atom is 0.227 e. The molecule has 3 heteroatoms. The summed E-state index contributed by atoms with van der Waals surface area (Å²) in [6, 6.07) is 49.0. The number of hydrogen-bond acceptors (Lipinski definition) is 2. The fraction of sp³-hybridized carbons (Fsp3) is 0.212. The molecule has 6 aromatic carbocycles. The Bertz CT molecular complexity index is 2640. The molecule has 0 bridgehead atoms. The van der Waals surface area contributed by atoms with Gasteiger partial charge in [0.2, 0.25) is 5.89 Å². The highest BCUT2D eigenvalue weighted by atomic mass is 16.3. The molecule has 0 aliphatic heterocycles. The third-order valence-corrected chi connectivity index (χ3v) is 12.0.